The molecule has 1 fully saturated rings. The highest BCUT2D eigenvalue weighted by Crippen LogP contribution is 2.20. The van der Waals surface area contributed by atoms with Crippen LogP contribution >= 0.6 is 0 Å². The molecule has 0 spiro atoms. The van der Waals surface area contributed by atoms with Crippen LogP contribution in [0.25, 0.3) is 10.9 Å². The molecular formula is C20H21N3O. The smallest absolute Gasteiger partial charge is 0.254 e. The van der Waals surface area contributed by atoms with Gasteiger partial charge >= 0.3 is 0 Å². The molecule has 4 rings (SSSR count). The van der Waals surface area contributed by atoms with Crippen molar-refractivity contribution >= 4 is 16.8 Å². The van der Waals surface area contributed by atoms with Crippen molar-refractivity contribution in [2.75, 3.05) is 26.2 Å². The van der Waals surface area contributed by atoms with E-state index in [9.17, 15) is 4.79 Å². The Morgan fingerprint density at radius 1 is 0.917 bits per heavy atom. The summed E-state index contributed by atoms with van der Waals surface area (Å²) in [4.78, 5) is 20.4. The van der Waals surface area contributed by atoms with Gasteiger partial charge in [0.15, 0.2) is 0 Å². The number of nitrogens with one attached hydrogen (secondary N) is 1. The van der Waals surface area contributed by atoms with Gasteiger partial charge in [-0.15, -0.1) is 0 Å². The molecule has 0 bridgehead atoms. The van der Waals surface area contributed by atoms with Gasteiger partial charge in [0.2, 0.25) is 0 Å². The van der Waals surface area contributed by atoms with Gasteiger partial charge in [0, 0.05) is 55.4 Å². The van der Waals surface area contributed by atoms with Crippen LogP contribution in [0.2, 0.25) is 0 Å². The van der Waals surface area contributed by atoms with Crippen LogP contribution in [0, 0.1) is 0 Å². The Balaban J connectivity index is 1.42. The van der Waals surface area contributed by atoms with Crippen molar-refractivity contribution in [1.29, 1.82) is 0 Å². The molecule has 2 aromatic carbocycles. The highest BCUT2D eigenvalue weighted by Gasteiger charge is 2.23. The first-order valence-corrected chi connectivity index (χ1v) is 8.43. The van der Waals surface area contributed by atoms with Crippen LogP contribution in [-0.4, -0.2) is 46.9 Å². The van der Waals surface area contributed by atoms with E-state index in [1.165, 1.54) is 5.56 Å². The third kappa shape index (κ3) is 2.93. The van der Waals surface area contributed by atoms with E-state index in [1.54, 1.807) is 0 Å². The molecule has 1 saturated heterocycles. The van der Waals surface area contributed by atoms with Crippen molar-refractivity contribution in [3.63, 3.8) is 0 Å². The van der Waals surface area contributed by atoms with Crippen molar-refractivity contribution in [1.82, 2.24) is 14.8 Å². The van der Waals surface area contributed by atoms with Crippen molar-refractivity contribution in [3.05, 3.63) is 71.9 Å². The van der Waals surface area contributed by atoms with Crippen LogP contribution in [0.1, 0.15) is 15.9 Å². The number of rotatable bonds is 3. The van der Waals surface area contributed by atoms with Gasteiger partial charge in [0.1, 0.15) is 0 Å². The topological polar surface area (TPSA) is 39.3 Å². The van der Waals surface area contributed by atoms with E-state index >= 15 is 0 Å². The highest BCUT2D eigenvalue weighted by atomic mass is 16.2. The van der Waals surface area contributed by atoms with E-state index in [-0.39, 0.29) is 5.91 Å². The maximum Gasteiger partial charge on any atom is 0.254 e. The molecule has 3 aromatic rings. The largest absolute Gasteiger partial charge is 0.361 e. The summed E-state index contributed by atoms with van der Waals surface area (Å²) in [6.07, 6.45) is 1.89. The summed E-state index contributed by atoms with van der Waals surface area (Å²) in [5, 5.41) is 1.01. The first-order valence-electron chi connectivity index (χ1n) is 8.43. The van der Waals surface area contributed by atoms with E-state index in [2.05, 4.69) is 34.1 Å². The summed E-state index contributed by atoms with van der Waals surface area (Å²) in [6.45, 7) is 4.36. The third-order valence-electron chi connectivity index (χ3n) is 4.73. The maximum absolute atomic E-state index is 12.9. The van der Waals surface area contributed by atoms with E-state index < -0.39 is 0 Å². The Bertz CT molecular complexity index is 832. The maximum atomic E-state index is 12.9. The summed E-state index contributed by atoms with van der Waals surface area (Å²) in [7, 11) is 0. The van der Waals surface area contributed by atoms with E-state index in [4.69, 9.17) is 0 Å². The first-order chi connectivity index (χ1) is 11.8. The fourth-order valence-electron chi connectivity index (χ4n) is 3.39. The lowest BCUT2D eigenvalue weighted by molar-refractivity contribution is 0.0630. The minimum absolute atomic E-state index is 0.138. The predicted octanol–water partition coefficient (Wildman–Crippen LogP) is 3.13. The molecule has 1 aromatic heterocycles. The molecule has 122 valence electrons. The number of nitrogens with zero attached hydrogens (tertiary/aromatic N) is 2. The monoisotopic (exact) mass is 319 g/mol. The molecule has 0 atom stereocenters. The molecule has 1 aliphatic heterocycles. The SMILES string of the molecule is O=C(c1cccc2[nH]ccc12)N1CCN(Cc2ccccc2)CC1. The number of hydrogen-bond acceptors (Lipinski definition) is 2. The Morgan fingerprint density at radius 2 is 1.71 bits per heavy atom. The van der Waals surface area contributed by atoms with Gasteiger partial charge in [-0.3, -0.25) is 9.69 Å². The summed E-state index contributed by atoms with van der Waals surface area (Å²) >= 11 is 0. The Hall–Kier alpha value is -2.59. The second kappa shape index (κ2) is 6.49. The third-order valence-corrected chi connectivity index (χ3v) is 4.73. The average molecular weight is 319 g/mol. The van der Waals surface area contributed by atoms with Crippen molar-refractivity contribution in [2.45, 2.75) is 6.54 Å². The van der Waals surface area contributed by atoms with E-state index in [1.807, 2.05) is 41.4 Å². The Kier molecular flexibility index (Phi) is 4.05. The lowest BCUT2D eigenvalue weighted by Gasteiger charge is -2.35. The van der Waals surface area contributed by atoms with Gasteiger partial charge < -0.3 is 9.88 Å². The Morgan fingerprint density at radius 3 is 2.50 bits per heavy atom. The van der Waals surface area contributed by atoms with Gasteiger partial charge in [-0.25, -0.2) is 0 Å². The second-order valence-corrected chi connectivity index (χ2v) is 6.30. The molecule has 24 heavy (non-hydrogen) atoms. The number of benzene rings is 2. The van der Waals surface area contributed by atoms with Crippen molar-refractivity contribution < 1.29 is 4.79 Å². The number of hydrogen-bond donors (Lipinski definition) is 1. The summed E-state index contributed by atoms with van der Waals surface area (Å²) in [5.41, 5.74) is 3.14. The lowest BCUT2D eigenvalue weighted by Crippen LogP contribution is -2.48. The molecule has 1 N–H and O–H groups in total. The van der Waals surface area contributed by atoms with Crippen molar-refractivity contribution in [2.24, 2.45) is 0 Å². The van der Waals surface area contributed by atoms with Gasteiger partial charge in [-0.1, -0.05) is 36.4 Å². The number of aromatic amines is 1. The van der Waals surface area contributed by atoms with Gasteiger partial charge in [-0.2, -0.15) is 0 Å². The van der Waals surface area contributed by atoms with E-state index in [0.29, 0.717) is 0 Å². The standard InChI is InChI=1S/C20H21N3O/c24-20(18-7-4-8-19-17(18)9-10-21-19)23-13-11-22(12-14-23)15-16-5-2-1-3-6-16/h1-10,21H,11-15H2. The fourth-order valence-corrected chi connectivity index (χ4v) is 3.39. The van der Waals surface area contributed by atoms with Crippen LogP contribution in [-0.2, 0) is 6.54 Å². The molecule has 4 nitrogen and oxygen atoms in total. The van der Waals surface area contributed by atoms with Gasteiger partial charge in [-0.05, 0) is 23.8 Å². The molecular weight excluding hydrogens is 298 g/mol. The fraction of sp³-hybridized carbons (Fsp3) is 0.250. The number of piperazine rings is 1. The van der Waals surface area contributed by atoms with Crippen molar-refractivity contribution in [3.8, 4) is 0 Å². The molecule has 0 unspecified atom stereocenters. The molecule has 2 heterocycles. The molecule has 4 heteroatoms. The summed E-state index contributed by atoms with van der Waals surface area (Å²) in [6, 6.07) is 18.4. The highest BCUT2D eigenvalue weighted by molar-refractivity contribution is 6.06. The minimum atomic E-state index is 0.138. The zero-order chi connectivity index (χ0) is 16.4. The lowest BCUT2D eigenvalue weighted by atomic mass is 10.1. The van der Waals surface area contributed by atoms with Gasteiger partial charge in [0.05, 0.1) is 0 Å². The van der Waals surface area contributed by atoms with E-state index in [0.717, 1.165) is 49.2 Å². The number of H-pyrrole nitrogens is 1. The Labute approximate surface area is 141 Å². The molecule has 1 amide bonds. The predicted molar refractivity (Wildman–Crippen MR) is 95.9 cm³/mol. The first kappa shape index (κ1) is 15.0. The number of aromatic nitrogens is 1. The van der Waals surface area contributed by atoms with Crippen LogP contribution in [0.4, 0.5) is 0 Å². The molecule has 1 aliphatic rings. The number of carbonyl (C=O) groups excluding carboxylic acids is 1. The zero-order valence-corrected chi connectivity index (χ0v) is 13.6. The average Bonchev–Trinajstić information content (AvgIpc) is 3.11. The summed E-state index contributed by atoms with van der Waals surface area (Å²) < 4.78 is 0. The molecule has 0 saturated carbocycles. The molecule has 0 aliphatic carbocycles. The van der Waals surface area contributed by atoms with Gasteiger partial charge in [0.25, 0.3) is 5.91 Å². The molecule has 0 radical (unpaired) electrons. The normalized spacial score (nSPS) is 15.8. The minimum Gasteiger partial charge on any atom is -0.361 e. The van der Waals surface area contributed by atoms with Crippen LogP contribution < -0.4 is 0 Å². The number of carbonyl (C=O) groups is 1. The number of amides is 1. The van der Waals surface area contributed by atoms with Crippen LogP contribution in [0.15, 0.2) is 60.8 Å². The van der Waals surface area contributed by atoms with Crippen LogP contribution in [0.3, 0.4) is 0 Å². The summed E-state index contributed by atoms with van der Waals surface area (Å²) in [5.74, 6) is 0.138. The quantitative estimate of drug-likeness (QED) is 0.805. The second-order valence-electron chi connectivity index (χ2n) is 6.30. The number of fused-ring (bicyclic) bond motifs is 1. The van der Waals surface area contributed by atoms with Crippen LogP contribution in [0.5, 0.6) is 0 Å². The zero-order valence-electron chi connectivity index (χ0n) is 13.6.